The summed E-state index contributed by atoms with van der Waals surface area (Å²) in [6, 6.07) is 3.00. The lowest BCUT2D eigenvalue weighted by molar-refractivity contribution is 0.0695. The Balaban J connectivity index is 1.96. The molecule has 7 heteroatoms. The number of aromatic carboxylic acids is 1. The van der Waals surface area contributed by atoms with E-state index in [1.807, 2.05) is 11.8 Å². The smallest absolute Gasteiger partial charge is 0.341 e. The summed E-state index contributed by atoms with van der Waals surface area (Å²) in [5, 5.41) is 9.36. The van der Waals surface area contributed by atoms with E-state index in [0.717, 1.165) is 18.9 Å². The van der Waals surface area contributed by atoms with Crippen LogP contribution in [0.25, 0.3) is 10.9 Å². The van der Waals surface area contributed by atoms with E-state index in [1.165, 1.54) is 6.20 Å². The van der Waals surface area contributed by atoms with Crippen molar-refractivity contribution < 1.29 is 14.3 Å². The van der Waals surface area contributed by atoms with Crippen LogP contribution in [0.3, 0.4) is 0 Å². The molecule has 126 valence electrons. The predicted molar refractivity (Wildman–Crippen MR) is 88.2 cm³/mol. The number of carbonyl (C=O) groups is 1. The van der Waals surface area contributed by atoms with Gasteiger partial charge in [0.05, 0.1) is 11.2 Å². The number of carboxylic acid groups (broad SMARTS) is 1. The Labute approximate surface area is 137 Å². The van der Waals surface area contributed by atoms with E-state index in [-0.39, 0.29) is 29.1 Å². The number of rotatable bonds is 3. The highest BCUT2D eigenvalue weighted by Crippen LogP contribution is 2.39. The van der Waals surface area contributed by atoms with E-state index in [4.69, 9.17) is 5.73 Å². The summed E-state index contributed by atoms with van der Waals surface area (Å²) in [6.45, 7) is 2.49. The standard InChI is InChI=1S/C17H18FN3O3/c1-8-13(19)7-20(8)15-5-14-10(4-12(15)18)16(22)11(17(23)24)6-21(14)9-2-3-9/h4-6,8-9,13H,2-3,7,19H2,1H3,(H,23,24)/t8-,13+/m0/s1. The molecule has 2 fully saturated rings. The molecule has 2 aromatic rings. The van der Waals surface area contributed by atoms with Gasteiger partial charge in [0.15, 0.2) is 0 Å². The van der Waals surface area contributed by atoms with Gasteiger partial charge in [-0.2, -0.15) is 0 Å². The Hall–Kier alpha value is -2.41. The van der Waals surface area contributed by atoms with E-state index < -0.39 is 17.2 Å². The fourth-order valence-corrected chi connectivity index (χ4v) is 3.34. The summed E-state index contributed by atoms with van der Waals surface area (Å²) < 4.78 is 16.4. The number of halogens is 1. The zero-order valence-corrected chi connectivity index (χ0v) is 13.2. The van der Waals surface area contributed by atoms with Crippen molar-refractivity contribution in [3.05, 3.63) is 39.9 Å². The van der Waals surface area contributed by atoms with Crippen molar-refractivity contribution in [2.75, 3.05) is 11.4 Å². The van der Waals surface area contributed by atoms with Gasteiger partial charge in [-0.15, -0.1) is 0 Å². The monoisotopic (exact) mass is 331 g/mol. The van der Waals surface area contributed by atoms with Gasteiger partial charge in [-0.3, -0.25) is 4.79 Å². The first-order valence-corrected chi connectivity index (χ1v) is 8.02. The number of benzene rings is 1. The molecule has 4 rings (SSSR count). The Morgan fingerprint density at radius 2 is 2.08 bits per heavy atom. The predicted octanol–water partition coefficient (Wildman–Crippen LogP) is 1.71. The molecule has 24 heavy (non-hydrogen) atoms. The molecule has 1 aromatic carbocycles. The lowest BCUT2D eigenvalue weighted by Crippen LogP contribution is -2.63. The van der Waals surface area contributed by atoms with Crippen molar-refractivity contribution in [3.8, 4) is 0 Å². The van der Waals surface area contributed by atoms with Crippen LogP contribution in [-0.2, 0) is 0 Å². The van der Waals surface area contributed by atoms with E-state index in [1.54, 1.807) is 10.6 Å². The first kappa shape index (κ1) is 15.1. The quantitative estimate of drug-likeness (QED) is 0.894. The third kappa shape index (κ3) is 2.11. The molecule has 0 radical (unpaired) electrons. The molecule has 2 atom stereocenters. The zero-order chi connectivity index (χ0) is 17.2. The number of hydrogen-bond acceptors (Lipinski definition) is 4. The minimum atomic E-state index is -1.29. The summed E-state index contributed by atoms with van der Waals surface area (Å²) in [6.07, 6.45) is 3.24. The molecule has 1 saturated carbocycles. The fourth-order valence-electron chi connectivity index (χ4n) is 3.34. The zero-order valence-electron chi connectivity index (χ0n) is 13.2. The van der Waals surface area contributed by atoms with Crippen LogP contribution >= 0.6 is 0 Å². The number of fused-ring (bicyclic) bond motifs is 1. The van der Waals surface area contributed by atoms with E-state index in [0.29, 0.717) is 17.7 Å². The van der Waals surface area contributed by atoms with E-state index in [9.17, 15) is 19.1 Å². The van der Waals surface area contributed by atoms with Crippen molar-refractivity contribution in [1.82, 2.24) is 4.57 Å². The van der Waals surface area contributed by atoms with Gasteiger partial charge in [0, 0.05) is 36.3 Å². The molecule has 3 N–H and O–H groups in total. The number of pyridine rings is 1. The van der Waals surface area contributed by atoms with Crippen LogP contribution in [0, 0.1) is 5.82 Å². The van der Waals surface area contributed by atoms with Crippen LogP contribution in [0.4, 0.5) is 10.1 Å². The lowest BCUT2D eigenvalue weighted by Gasteiger charge is -2.46. The van der Waals surface area contributed by atoms with Gasteiger partial charge >= 0.3 is 5.97 Å². The van der Waals surface area contributed by atoms with Crippen molar-refractivity contribution in [1.29, 1.82) is 0 Å². The first-order chi connectivity index (χ1) is 11.4. The molecule has 2 aliphatic rings. The highest BCUT2D eigenvalue weighted by Gasteiger charge is 2.35. The van der Waals surface area contributed by atoms with Gasteiger partial charge in [0.1, 0.15) is 11.4 Å². The topological polar surface area (TPSA) is 88.6 Å². The number of anilines is 1. The molecular formula is C17H18FN3O3. The Morgan fingerprint density at radius 3 is 2.62 bits per heavy atom. The first-order valence-electron chi connectivity index (χ1n) is 8.02. The third-order valence-electron chi connectivity index (χ3n) is 5.10. The van der Waals surface area contributed by atoms with Crippen LogP contribution in [0.15, 0.2) is 23.1 Å². The highest BCUT2D eigenvalue weighted by atomic mass is 19.1. The van der Waals surface area contributed by atoms with Crippen LogP contribution < -0.4 is 16.1 Å². The molecule has 6 nitrogen and oxygen atoms in total. The maximum atomic E-state index is 14.6. The molecule has 0 bridgehead atoms. The SMILES string of the molecule is C[C@H]1[C@H](N)CN1c1cc2c(cc1F)c(=O)c(C(=O)O)cn2C1CC1. The van der Waals surface area contributed by atoms with Gasteiger partial charge in [-0.05, 0) is 31.9 Å². The minimum absolute atomic E-state index is 0.000100. The summed E-state index contributed by atoms with van der Waals surface area (Å²) in [5.41, 5.74) is 5.92. The molecule has 0 spiro atoms. The number of hydrogen-bond donors (Lipinski definition) is 2. The van der Waals surface area contributed by atoms with Gasteiger partial charge in [0.25, 0.3) is 0 Å². The minimum Gasteiger partial charge on any atom is -0.477 e. The van der Waals surface area contributed by atoms with Crippen molar-refractivity contribution >= 4 is 22.6 Å². The van der Waals surface area contributed by atoms with E-state index >= 15 is 0 Å². The second-order valence-corrected chi connectivity index (χ2v) is 6.69. The average molecular weight is 331 g/mol. The number of nitrogens with zero attached hydrogens (tertiary/aromatic N) is 2. The number of aromatic nitrogens is 1. The maximum Gasteiger partial charge on any atom is 0.341 e. The molecule has 1 aliphatic heterocycles. The lowest BCUT2D eigenvalue weighted by atomic mass is 9.97. The summed E-state index contributed by atoms with van der Waals surface area (Å²) in [4.78, 5) is 25.6. The fraction of sp³-hybridized carbons (Fsp3) is 0.412. The Morgan fingerprint density at radius 1 is 1.38 bits per heavy atom. The van der Waals surface area contributed by atoms with Crippen LogP contribution in [0.2, 0.25) is 0 Å². The molecule has 0 amide bonds. The molecule has 1 saturated heterocycles. The molecular weight excluding hydrogens is 313 g/mol. The second kappa shape index (κ2) is 5.04. The van der Waals surface area contributed by atoms with Crippen LogP contribution in [0.5, 0.6) is 0 Å². The van der Waals surface area contributed by atoms with Gasteiger partial charge in [-0.25, -0.2) is 9.18 Å². The normalized spacial score (nSPS) is 23.4. The largest absolute Gasteiger partial charge is 0.477 e. The summed E-state index contributed by atoms with van der Waals surface area (Å²) in [5.74, 6) is -1.81. The number of carboxylic acids is 1. The second-order valence-electron chi connectivity index (χ2n) is 6.69. The molecule has 0 unspecified atom stereocenters. The molecule has 2 heterocycles. The average Bonchev–Trinajstić information content (AvgIpc) is 3.37. The molecule has 1 aromatic heterocycles. The number of nitrogens with two attached hydrogens (primary N) is 1. The van der Waals surface area contributed by atoms with Crippen LogP contribution in [-0.4, -0.2) is 34.3 Å². The van der Waals surface area contributed by atoms with Gasteiger partial charge in [-0.1, -0.05) is 0 Å². The Bertz CT molecular complexity index is 919. The summed E-state index contributed by atoms with van der Waals surface area (Å²) >= 11 is 0. The highest BCUT2D eigenvalue weighted by molar-refractivity contribution is 5.93. The maximum absolute atomic E-state index is 14.6. The molecule has 1 aliphatic carbocycles. The third-order valence-corrected chi connectivity index (χ3v) is 5.10. The van der Waals surface area contributed by atoms with Gasteiger partial charge < -0.3 is 20.3 Å². The van der Waals surface area contributed by atoms with Crippen molar-refractivity contribution in [3.63, 3.8) is 0 Å². The Kier molecular flexibility index (Phi) is 3.18. The van der Waals surface area contributed by atoms with Crippen LogP contribution in [0.1, 0.15) is 36.2 Å². The van der Waals surface area contributed by atoms with Gasteiger partial charge in [0.2, 0.25) is 5.43 Å². The van der Waals surface area contributed by atoms with Crippen molar-refractivity contribution in [2.45, 2.75) is 37.9 Å². The van der Waals surface area contributed by atoms with E-state index in [2.05, 4.69) is 0 Å². The van der Waals surface area contributed by atoms with Crippen molar-refractivity contribution in [2.24, 2.45) is 5.73 Å². The summed E-state index contributed by atoms with van der Waals surface area (Å²) in [7, 11) is 0.